The normalized spacial score (nSPS) is 10.7. The minimum absolute atomic E-state index is 0.600. The molecule has 0 N–H and O–H groups in total. The molecule has 0 radical (unpaired) electrons. The van der Waals surface area contributed by atoms with Gasteiger partial charge in [0, 0.05) is 18.1 Å². The maximum atomic E-state index is 4.66. The van der Waals surface area contributed by atoms with Crippen LogP contribution in [-0.2, 0) is 0 Å². The third-order valence-corrected chi connectivity index (χ3v) is 3.99. The van der Waals surface area contributed by atoms with Crippen molar-refractivity contribution >= 4 is 12.6 Å². The van der Waals surface area contributed by atoms with Crippen molar-refractivity contribution in [1.29, 1.82) is 0 Å². The van der Waals surface area contributed by atoms with E-state index in [1.807, 2.05) is 71.3 Å². The van der Waals surface area contributed by atoms with Crippen LogP contribution in [0.5, 0.6) is 0 Å². The van der Waals surface area contributed by atoms with Crippen molar-refractivity contribution in [2.45, 2.75) is 5.16 Å². The largest absolute Gasteiger partial charge is 0.285 e. The fourth-order valence-electron chi connectivity index (χ4n) is 2.65. The third-order valence-electron chi connectivity index (χ3n) is 3.69. The SMILES string of the molecule is Sc1nc(-c2ccccn2)c(-c2ccccn2)n1-c1ccccc1. The number of para-hydroxylation sites is 1. The summed E-state index contributed by atoms with van der Waals surface area (Å²) in [6.45, 7) is 0. The number of rotatable bonds is 3. The molecule has 0 saturated carbocycles. The summed E-state index contributed by atoms with van der Waals surface area (Å²) in [5, 5.41) is 0.600. The smallest absolute Gasteiger partial charge is 0.170 e. The van der Waals surface area contributed by atoms with E-state index in [9.17, 15) is 0 Å². The van der Waals surface area contributed by atoms with Gasteiger partial charge in [0.15, 0.2) is 5.16 Å². The molecule has 0 aliphatic rings. The van der Waals surface area contributed by atoms with Gasteiger partial charge in [0.05, 0.1) is 11.4 Å². The molecule has 0 atom stereocenters. The van der Waals surface area contributed by atoms with Crippen molar-refractivity contribution in [2.24, 2.45) is 0 Å². The summed E-state index contributed by atoms with van der Waals surface area (Å²) in [5.74, 6) is 0. The Balaban J connectivity index is 2.03. The molecule has 0 aliphatic heterocycles. The predicted octanol–water partition coefficient (Wildman–Crippen LogP) is 4.29. The Bertz CT molecular complexity index is 951. The number of aromatic nitrogens is 4. The Morgan fingerprint density at radius 2 is 1.33 bits per heavy atom. The summed E-state index contributed by atoms with van der Waals surface area (Å²) in [5.41, 5.74) is 4.25. The van der Waals surface area contributed by atoms with Gasteiger partial charge in [-0.15, -0.1) is 12.6 Å². The second-order valence-electron chi connectivity index (χ2n) is 5.21. The second-order valence-corrected chi connectivity index (χ2v) is 5.61. The van der Waals surface area contributed by atoms with Crippen LogP contribution in [0.2, 0.25) is 0 Å². The average molecular weight is 330 g/mol. The minimum Gasteiger partial charge on any atom is -0.285 e. The van der Waals surface area contributed by atoms with Crippen molar-refractivity contribution < 1.29 is 0 Å². The van der Waals surface area contributed by atoms with Crippen LogP contribution in [0.1, 0.15) is 0 Å². The van der Waals surface area contributed by atoms with Crippen LogP contribution < -0.4 is 0 Å². The maximum absolute atomic E-state index is 4.66. The standard InChI is InChI=1S/C19H14N4S/c24-19-22-17(15-10-4-6-12-20-15)18(16-11-5-7-13-21-16)23(19)14-8-2-1-3-9-14/h1-13H,(H,22,24). The van der Waals surface area contributed by atoms with Crippen LogP contribution in [-0.4, -0.2) is 19.5 Å². The summed E-state index contributed by atoms with van der Waals surface area (Å²) in [6.07, 6.45) is 3.54. The molecule has 0 amide bonds. The predicted molar refractivity (Wildman–Crippen MR) is 97.3 cm³/mol. The third kappa shape index (κ3) is 2.59. The molecule has 1 aromatic carbocycles. The van der Waals surface area contributed by atoms with Gasteiger partial charge in [-0.1, -0.05) is 30.3 Å². The number of imidazole rings is 1. The van der Waals surface area contributed by atoms with Crippen LogP contribution >= 0.6 is 12.6 Å². The number of thiol groups is 1. The Morgan fingerprint density at radius 3 is 1.96 bits per heavy atom. The molecule has 116 valence electrons. The van der Waals surface area contributed by atoms with E-state index in [1.165, 1.54) is 0 Å². The van der Waals surface area contributed by atoms with E-state index in [0.29, 0.717) is 5.16 Å². The molecule has 3 heterocycles. The van der Waals surface area contributed by atoms with Crippen molar-refractivity contribution in [1.82, 2.24) is 19.5 Å². The molecule has 0 aliphatic carbocycles. The first-order chi connectivity index (χ1) is 11.8. The van der Waals surface area contributed by atoms with Gasteiger partial charge >= 0.3 is 0 Å². The molecule has 5 heteroatoms. The zero-order valence-electron chi connectivity index (χ0n) is 12.7. The Hall–Kier alpha value is -2.92. The average Bonchev–Trinajstić information content (AvgIpc) is 3.01. The topological polar surface area (TPSA) is 43.6 Å². The van der Waals surface area contributed by atoms with E-state index in [4.69, 9.17) is 0 Å². The number of hydrogen-bond acceptors (Lipinski definition) is 4. The molecule has 4 aromatic rings. The highest BCUT2D eigenvalue weighted by atomic mass is 32.1. The van der Waals surface area contributed by atoms with Gasteiger partial charge in [-0.3, -0.25) is 14.5 Å². The lowest BCUT2D eigenvalue weighted by Crippen LogP contribution is -1.99. The van der Waals surface area contributed by atoms with Crippen molar-refractivity contribution in [3.05, 3.63) is 79.1 Å². The first kappa shape index (κ1) is 14.7. The minimum atomic E-state index is 0.600. The first-order valence-electron chi connectivity index (χ1n) is 7.54. The maximum Gasteiger partial charge on any atom is 0.170 e. The summed E-state index contributed by atoms with van der Waals surface area (Å²) in [4.78, 5) is 13.6. The van der Waals surface area contributed by atoms with E-state index >= 15 is 0 Å². The van der Waals surface area contributed by atoms with Gasteiger partial charge in [-0.25, -0.2) is 4.98 Å². The Morgan fingerprint density at radius 1 is 0.708 bits per heavy atom. The van der Waals surface area contributed by atoms with Gasteiger partial charge in [0.2, 0.25) is 0 Å². The van der Waals surface area contributed by atoms with Crippen molar-refractivity contribution in [3.8, 4) is 28.5 Å². The van der Waals surface area contributed by atoms with E-state index in [1.54, 1.807) is 12.4 Å². The molecule has 0 fully saturated rings. The number of benzene rings is 1. The highest BCUT2D eigenvalue weighted by Crippen LogP contribution is 2.34. The Kier molecular flexibility index (Phi) is 3.84. The summed E-state index contributed by atoms with van der Waals surface area (Å²) in [7, 11) is 0. The van der Waals surface area contributed by atoms with Gasteiger partial charge in [-0.05, 0) is 36.4 Å². The number of nitrogens with zero attached hydrogens (tertiary/aromatic N) is 4. The monoisotopic (exact) mass is 330 g/mol. The number of pyridine rings is 2. The van der Waals surface area contributed by atoms with Gasteiger partial charge in [0.25, 0.3) is 0 Å². The lowest BCUT2D eigenvalue weighted by molar-refractivity contribution is 0.904. The molecule has 0 saturated heterocycles. The fourth-order valence-corrected chi connectivity index (χ4v) is 2.97. The van der Waals surface area contributed by atoms with E-state index < -0.39 is 0 Å². The van der Waals surface area contributed by atoms with Crippen LogP contribution in [0.15, 0.2) is 84.3 Å². The molecule has 0 bridgehead atoms. The summed E-state index contributed by atoms with van der Waals surface area (Å²) in [6, 6.07) is 21.6. The lowest BCUT2D eigenvalue weighted by Gasteiger charge is -2.10. The molecule has 3 aromatic heterocycles. The van der Waals surface area contributed by atoms with E-state index in [0.717, 1.165) is 28.5 Å². The van der Waals surface area contributed by atoms with E-state index in [-0.39, 0.29) is 0 Å². The zero-order valence-corrected chi connectivity index (χ0v) is 13.6. The summed E-state index contributed by atoms with van der Waals surface area (Å²) >= 11 is 4.60. The Labute approximate surface area is 145 Å². The van der Waals surface area contributed by atoms with Crippen molar-refractivity contribution in [3.63, 3.8) is 0 Å². The molecular weight excluding hydrogens is 316 g/mol. The van der Waals surface area contributed by atoms with Crippen LogP contribution in [0.25, 0.3) is 28.5 Å². The van der Waals surface area contributed by atoms with Crippen LogP contribution in [0, 0.1) is 0 Å². The highest BCUT2D eigenvalue weighted by Gasteiger charge is 2.21. The lowest BCUT2D eigenvalue weighted by atomic mass is 10.1. The van der Waals surface area contributed by atoms with Gasteiger partial charge < -0.3 is 0 Å². The second kappa shape index (κ2) is 6.29. The van der Waals surface area contributed by atoms with Crippen LogP contribution in [0.3, 0.4) is 0 Å². The zero-order chi connectivity index (χ0) is 16.4. The molecular formula is C19H14N4S. The first-order valence-corrected chi connectivity index (χ1v) is 7.99. The molecule has 0 spiro atoms. The van der Waals surface area contributed by atoms with Gasteiger partial charge in [0.1, 0.15) is 11.4 Å². The molecule has 4 rings (SSSR count). The molecule has 0 unspecified atom stereocenters. The molecule has 24 heavy (non-hydrogen) atoms. The van der Waals surface area contributed by atoms with Gasteiger partial charge in [-0.2, -0.15) is 0 Å². The highest BCUT2D eigenvalue weighted by molar-refractivity contribution is 7.80. The van der Waals surface area contributed by atoms with Crippen molar-refractivity contribution in [2.75, 3.05) is 0 Å². The quantitative estimate of drug-likeness (QED) is 0.570. The number of hydrogen-bond donors (Lipinski definition) is 1. The molecule has 4 nitrogen and oxygen atoms in total. The van der Waals surface area contributed by atoms with E-state index in [2.05, 4.69) is 27.6 Å². The van der Waals surface area contributed by atoms with Crippen LogP contribution in [0.4, 0.5) is 0 Å². The fraction of sp³-hybridized carbons (Fsp3) is 0. The summed E-state index contributed by atoms with van der Waals surface area (Å²) < 4.78 is 2.00.